The molecule has 1 fully saturated rings. The molecule has 1 N–H and O–H groups in total. The van der Waals surface area contributed by atoms with Crippen molar-refractivity contribution in [1.82, 2.24) is 14.7 Å². The maximum absolute atomic E-state index is 13.2. The number of carbonyl (C=O) groups excluding carboxylic acids is 2. The first-order valence-electron chi connectivity index (χ1n) is 10.7. The molecule has 0 spiro atoms. The van der Waals surface area contributed by atoms with Gasteiger partial charge in [0.2, 0.25) is 11.8 Å². The van der Waals surface area contributed by atoms with E-state index >= 15 is 0 Å². The second-order valence-electron chi connectivity index (χ2n) is 8.03. The molecular formula is C24H31FN4O2. The summed E-state index contributed by atoms with van der Waals surface area (Å²) < 4.78 is 13.2. The molecule has 0 atom stereocenters. The van der Waals surface area contributed by atoms with Gasteiger partial charge in [-0.3, -0.25) is 19.4 Å². The standard InChI is InChI=1S/C24H31FN4O2/c1-3-19-7-9-20(10-8-19)16-27(2)24(31)18-29-13-11-28(12-14-29)17-23(30)26-22-6-4-5-21(25)15-22/h4-10,15H,3,11-14,16-18H2,1-2H3,(H,26,30). The monoisotopic (exact) mass is 426 g/mol. The van der Waals surface area contributed by atoms with Crippen molar-refractivity contribution in [2.75, 3.05) is 51.6 Å². The Bertz CT molecular complexity index is 879. The maximum Gasteiger partial charge on any atom is 0.238 e. The van der Waals surface area contributed by atoms with Gasteiger partial charge in [0.05, 0.1) is 13.1 Å². The summed E-state index contributed by atoms with van der Waals surface area (Å²) in [6.07, 6.45) is 1.01. The van der Waals surface area contributed by atoms with Gasteiger partial charge < -0.3 is 10.2 Å². The second kappa shape index (κ2) is 11.0. The summed E-state index contributed by atoms with van der Waals surface area (Å²) >= 11 is 0. The number of carbonyl (C=O) groups is 2. The van der Waals surface area contributed by atoms with Crippen molar-refractivity contribution in [2.45, 2.75) is 19.9 Å². The minimum atomic E-state index is -0.376. The van der Waals surface area contributed by atoms with Gasteiger partial charge in [-0.1, -0.05) is 37.3 Å². The van der Waals surface area contributed by atoms with Crippen LogP contribution < -0.4 is 5.32 Å². The quantitative estimate of drug-likeness (QED) is 0.705. The van der Waals surface area contributed by atoms with E-state index in [1.807, 2.05) is 7.05 Å². The molecule has 0 bridgehead atoms. The summed E-state index contributed by atoms with van der Waals surface area (Å²) in [5.74, 6) is -0.445. The van der Waals surface area contributed by atoms with Gasteiger partial charge in [0.15, 0.2) is 0 Å². The molecule has 3 rings (SSSR count). The van der Waals surface area contributed by atoms with Gasteiger partial charge in [0.25, 0.3) is 0 Å². The number of likely N-dealkylation sites (N-methyl/N-ethyl adjacent to an activating group) is 1. The Balaban J connectivity index is 1.38. The molecule has 2 aromatic rings. The lowest BCUT2D eigenvalue weighted by atomic mass is 10.1. The molecule has 6 nitrogen and oxygen atoms in total. The van der Waals surface area contributed by atoms with Crippen LogP contribution in [0.2, 0.25) is 0 Å². The maximum atomic E-state index is 13.2. The molecule has 1 aliphatic heterocycles. The van der Waals surface area contributed by atoms with E-state index in [9.17, 15) is 14.0 Å². The van der Waals surface area contributed by atoms with Crippen LogP contribution in [-0.4, -0.2) is 72.8 Å². The molecule has 0 saturated carbocycles. The van der Waals surface area contributed by atoms with E-state index in [1.54, 1.807) is 17.0 Å². The van der Waals surface area contributed by atoms with Gasteiger partial charge >= 0.3 is 0 Å². The highest BCUT2D eigenvalue weighted by atomic mass is 19.1. The van der Waals surface area contributed by atoms with Crippen LogP contribution in [0.5, 0.6) is 0 Å². The van der Waals surface area contributed by atoms with Crippen molar-refractivity contribution < 1.29 is 14.0 Å². The lowest BCUT2D eigenvalue weighted by Gasteiger charge is -2.34. The summed E-state index contributed by atoms with van der Waals surface area (Å²) in [7, 11) is 1.84. The predicted octanol–water partition coefficient (Wildman–Crippen LogP) is 2.60. The van der Waals surface area contributed by atoms with E-state index in [0.717, 1.165) is 25.1 Å². The fraction of sp³-hybridized carbons (Fsp3) is 0.417. The Morgan fingerprint density at radius 3 is 2.19 bits per heavy atom. The highest BCUT2D eigenvalue weighted by Gasteiger charge is 2.22. The number of aryl methyl sites for hydroxylation is 1. The van der Waals surface area contributed by atoms with Gasteiger partial charge in [-0.05, 0) is 35.7 Å². The molecule has 1 heterocycles. The number of hydrogen-bond acceptors (Lipinski definition) is 4. The number of halogens is 1. The first-order valence-corrected chi connectivity index (χ1v) is 10.7. The van der Waals surface area contributed by atoms with Crippen LogP contribution in [0, 0.1) is 5.82 Å². The zero-order chi connectivity index (χ0) is 22.2. The Kier molecular flexibility index (Phi) is 8.14. The average Bonchev–Trinajstić information content (AvgIpc) is 2.75. The molecule has 1 aliphatic rings. The van der Waals surface area contributed by atoms with Crippen LogP contribution >= 0.6 is 0 Å². The van der Waals surface area contributed by atoms with Crippen LogP contribution in [-0.2, 0) is 22.6 Å². The molecule has 2 amide bonds. The first kappa shape index (κ1) is 22.9. The van der Waals surface area contributed by atoms with E-state index in [4.69, 9.17) is 0 Å². The van der Waals surface area contributed by atoms with Crippen molar-refractivity contribution in [3.8, 4) is 0 Å². The predicted molar refractivity (Wildman–Crippen MR) is 120 cm³/mol. The molecule has 1 saturated heterocycles. The Labute approximate surface area is 183 Å². The number of anilines is 1. The van der Waals surface area contributed by atoms with Gasteiger partial charge in [0, 0.05) is 45.5 Å². The SMILES string of the molecule is CCc1ccc(CN(C)C(=O)CN2CCN(CC(=O)Nc3cccc(F)c3)CC2)cc1. The van der Waals surface area contributed by atoms with Crippen molar-refractivity contribution in [1.29, 1.82) is 0 Å². The zero-order valence-corrected chi connectivity index (χ0v) is 18.3. The number of piperazine rings is 1. The molecule has 0 unspecified atom stereocenters. The van der Waals surface area contributed by atoms with Crippen molar-refractivity contribution in [2.24, 2.45) is 0 Å². The molecule has 0 radical (unpaired) electrons. The van der Waals surface area contributed by atoms with Gasteiger partial charge in [-0.25, -0.2) is 4.39 Å². The van der Waals surface area contributed by atoms with E-state index in [1.165, 1.54) is 17.7 Å². The van der Waals surface area contributed by atoms with Crippen LogP contribution in [0.4, 0.5) is 10.1 Å². The largest absolute Gasteiger partial charge is 0.340 e. The molecular weight excluding hydrogens is 395 g/mol. The lowest BCUT2D eigenvalue weighted by molar-refractivity contribution is -0.132. The van der Waals surface area contributed by atoms with E-state index in [2.05, 4.69) is 46.3 Å². The Morgan fingerprint density at radius 2 is 1.58 bits per heavy atom. The third-order valence-electron chi connectivity index (χ3n) is 5.58. The summed E-state index contributed by atoms with van der Waals surface area (Å²) in [5, 5.41) is 2.72. The normalized spacial score (nSPS) is 14.9. The van der Waals surface area contributed by atoms with Crippen LogP contribution in [0.3, 0.4) is 0 Å². The third kappa shape index (κ3) is 7.15. The van der Waals surface area contributed by atoms with E-state index in [-0.39, 0.29) is 24.2 Å². The number of rotatable bonds is 8. The van der Waals surface area contributed by atoms with Crippen LogP contribution in [0.25, 0.3) is 0 Å². The Morgan fingerprint density at radius 1 is 0.968 bits per heavy atom. The van der Waals surface area contributed by atoms with Gasteiger partial charge in [0.1, 0.15) is 5.82 Å². The molecule has 7 heteroatoms. The number of nitrogens with one attached hydrogen (secondary N) is 1. The molecule has 0 aromatic heterocycles. The highest BCUT2D eigenvalue weighted by Crippen LogP contribution is 2.11. The number of amides is 2. The van der Waals surface area contributed by atoms with Crippen molar-refractivity contribution in [3.05, 3.63) is 65.5 Å². The smallest absolute Gasteiger partial charge is 0.238 e. The van der Waals surface area contributed by atoms with Crippen LogP contribution in [0.1, 0.15) is 18.1 Å². The zero-order valence-electron chi connectivity index (χ0n) is 18.3. The minimum Gasteiger partial charge on any atom is -0.340 e. The topological polar surface area (TPSA) is 55.9 Å². The summed E-state index contributed by atoms with van der Waals surface area (Å²) in [6, 6.07) is 14.3. The minimum absolute atomic E-state index is 0.0943. The Hall–Kier alpha value is -2.77. The summed E-state index contributed by atoms with van der Waals surface area (Å²) in [4.78, 5) is 30.7. The van der Waals surface area contributed by atoms with E-state index < -0.39 is 0 Å². The first-order chi connectivity index (χ1) is 14.9. The van der Waals surface area contributed by atoms with Crippen LogP contribution in [0.15, 0.2) is 48.5 Å². The molecule has 0 aliphatic carbocycles. The van der Waals surface area contributed by atoms with Crippen molar-refractivity contribution >= 4 is 17.5 Å². The fourth-order valence-electron chi connectivity index (χ4n) is 3.63. The molecule has 31 heavy (non-hydrogen) atoms. The average molecular weight is 427 g/mol. The molecule has 2 aromatic carbocycles. The highest BCUT2D eigenvalue weighted by molar-refractivity contribution is 5.92. The summed E-state index contributed by atoms with van der Waals surface area (Å²) in [6.45, 7) is 6.26. The van der Waals surface area contributed by atoms with Gasteiger partial charge in [-0.2, -0.15) is 0 Å². The summed E-state index contributed by atoms with van der Waals surface area (Å²) in [5.41, 5.74) is 2.88. The molecule has 166 valence electrons. The third-order valence-corrected chi connectivity index (χ3v) is 5.58. The van der Waals surface area contributed by atoms with Gasteiger partial charge in [-0.15, -0.1) is 0 Å². The lowest BCUT2D eigenvalue weighted by Crippen LogP contribution is -2.51. The number of nitrogens with zero attached hydrogens (tertiary/aromatic N) is 3. The van der Waals surface area contributed by atoms with E-state index in [0.29, 0.717) is 31.9 Å². The number of benzene rings is 2. The second-order valence-corrected chi connectivity index (χ2v) is 8.03. The number of hydrogen-bond donors (Lipinski definition) is 1. The van der Waals surface area contributed by atoms with Crippen molar-refractivity contribution in [3.63, 3.8) is 0 Å². The fourth-order valence-corrected chi connectivity index (χ4v) is 3.63.